The van der Waals surface area contributed by atoms with Crippen LogP contribution in [0.2, 0.25) is 0 Å². The van der Waals surface area contributed by atoms with Gasteiger partial charge in [-0.1, -0.05) is 18.2 Å². The number of esters is 1. The normalized spacial score (nSPS) is 16.7. The van der Waals surface area contributed by atoms with Crippen molar-refractivity contribution in [3.8, 4) is 0 Å². The third kappa shape index (κ3) is 6.13. The van der Waals surface area contributed by atoms with Crippen molar-refractivity contribution in [1.82, 2.24) is 5.32 Å². The zero-order valence-electron chi connectivity index (χ0n) is 16.4. The average Bonchev–Trinajstić information content (AvgIpc) is 2.91. The van der Waals surface area contributed by atoms with Gasteiger partial charge in [-0.2, -0.15) is 11.8 Å². The summed E-state index contributed by atoms with van der Waals surface area (Å²) in [6, 6.07) is 5.66. The molecule has 0 spiro atoms. The molecule has 0 saturated carbocycles. The number of thioether (sulfide) groups is 1. The van der Waals surface area contributed by atoms with Crippen LogP contribution in [0.5, 0.6) is 0 Å². The number of sulfone groups is 1. The molecule has 0 aliphatic carbocycles. The smallest absolute Gasteiger partial charge is 0.306 e. The van der Waals surface area contributed by atoms with Gasteiger partial charge in [-0.25, -0.2) is 8.42 Å². The Labute approximate surface area is 178 Å². The first-order valence-corrected chi connectivity index (χ1v) is 12.1. The lowest BCUT2D eigenvalue weighted by Gasteiger charge is -2.08. The highest BCUT2D eigenvalue weighted by Gasteiger charge is 2.48. The van der Waals surface area contributed by atoms with Gasteiger partial charge in [0.25, 0.3) is 0 Å². The van der Waals surface area contributed by atoms with E-state index >= 15 is 0 Å². The van der Waals surface area contributed by atoms with Crippen LogP contribution in [0, 0.1) is 0 Å². The fraction of sp³-hybridized carbons (Fsp3) is 0.474. The summed E-state index contributed by atoms with van der Waals surface area (Å²) in [5, 5.41) is 0.854. The molecule has 1 aliphatic heterocycles. The van der Waals surface area contributed by atoms with Crippen molar-refractivity contribution < 1.29 is 37.1 Å². The van der Waals surface area contributed by atoms with Gasteiger partial charge in [0.2, 0.25) is 5.91 Å². The van der Waals surface area contributed by atoms with E-state index in [4.69, 9.17) is 9.47 Å². The van der Waals surface area contributed by atoms with E-state index in [1.165, 1.54) is 36.0 Å². The number of fused-ring (bicyclic) bond motifs is 1. The van der Waals surface area contributed by atoms with Crippen molar-refractivity contribution in [3.63, 3.8) is 0 Å². The number of nitrogens with one attached hydrogen (secondary N) is 1. The number of benzene rings is 1. The van der Waals surface area contributed by atoms with E-state index in [0.717, 1.165) is 0 Å². The maximum absolute atomic E-state index is 12.5. The Morgan fingerprint density at radius 2 is 1.83 bits per heavy atom. The number of rotatable bonds is 12. The van der Waals surface area contributed by atoms with Gasteiger partial charge in [0.15, 0.2) is 26.7 Å². The summed E-state index contributed by atoms with van der Waals surface area (Å²) in [5.41, 5.74) is 0.000198. The Bertz CT molecular complexity index is 913. The van der Waals surface area contributed by atoms with E-state index in [2.05, 4.69) is 5.32 Å². The summed E-state index contributed by atoms with van der Waals surface area (Å²) in [4.78, 5) is 47.5. The highest BCUT2D eigenvalue weighted by atomic mass is 32.2. The maximum Gasteiger partial charge on any atom is 0.306 e. The lowest BCUT2D eigenvalue weighted by atomic mass is 10.0. The largest absolute Gasteiger partial charge is 0.463 e. The molecule has 1 heterocycles. The fourth-order valence-electron chi connectivity index (χ4n) is 2.84. The topological polar surface area (TPSA) is 133 Å². The molecule has 30 heavy (non-hydrogen) atoms. The van der Waals surface area contributed by atoms with Crippen LogP contribution in [0.25, 0.3) is 0 Å². The number of Topliss-reactive ketones (excluding diaryl/α,β-unsaturated/α-hetero) is 2. The molecular formula is C19H23NO8S2. The minimum absolute atomic E-state index is 0.000198. The maximum atomic E-state index is 12.5. The minimum Gasteiger partial charge on any atom is -0.463 e. The predicted molar refractivity (Wildman–Crippen MR) is 109 cm³/mol. The number of carbonyl (C=O) groups is 4. The number of hydrogen-bond donors (Lipinski definition) is 1. The lowest BCUT2D eigenvalue weighted by Crippen LogP contribution is -2.32. The Hall–Kier alpha value is -2.24. The minimum atomic E-state index is -4.08. The second-order valence-corrected chi connectivity index (χ2v) is 9.23. The monoisotopic (exact) mass is 457 g/mol. The Kier molecular flexibility index (Phi) is 9.00. The summed E-state index contributed by atoms with van der Waals surface area (Å²) in [7, 11) is -4.08. The quantitative estimate of drug-likeness (QED) is 0.269. The standard InChI is InChI=1S/C19H23NO8S2/c1-29-12-16(22)20-8-9-27-10-11-28-17(23)7-6-14(21)19-18(24)13-4-2-3-5-15(13)30(19,25)26/h2-5,19H,6-12H2,1H3,(H,20,22). The lowest BCUT2D eigenvalue weighted by molar-refractivity contribution is -0.146. The molecule has 2 rings (SSSR count). The average molecular weight is 458 g/mol. The molecule has 164 valence electrons. The molecule has 1 N–H and O–H groups in total. The summed E-state index contributed by atoms with van der Waals surface area (Å²) in [6.07, 6.45) is 1.07. The number of ether oxygens (including phenoxy) is 2. The summed E-state index contributed by atoms with van der Waals surface area (Å²) in [6.45, 7) is 0.674. The predicted octanol–water partition coefficient (Wildman–Crippen LogP) is 0.414. The molecule has 1 aromatic carbocycles. The van der Waals surface area contributed by atoms with Crippen LogP contribution in [0.3, 0.4) is 0 Å². The van der Waals surface area contributed by atoms with E-state index in [1.54, 1.807) is 0 Å². The molecule has 1 aromatic rings. The van der Waals surface area contributed by atoms with Crippen LogP contribution < -0.4 is 5.32 Å². The van der Waals surface area contributed by atoms with Gasteiger partial charge in [0.05, 0.1) is 30.3 Å². The SMILES string of the molecule is CSCC(=O)NCCOCCOC(=O)CCC(=O)C1C(=O)c2ccccc2S1(=O)=O. The van der Waals surface area contributed by atoms with Crippen molar-refractivity contribution >= 4 is 45.0 Å². The first-order valence-electron chi connectivity index (χ1n) is 9.18. The van der Waals surface area contributed by atoms with Crippen LogP contribution in [0.4, 0.5) is 0 Å². The van der Waals surface area contributed by atoms with Gasteiger partial charge in [-0.05, 0) is 12.3 Å². The summed E-state index contributed by atoms with van der Waals surface area (Å²) < 4.78 is 35.0. The van der Waals surface area contributed by atoms with Gasteiger partial charge >= 0.3 is 5.97 Å². The highest BCUT2D eigenvalue weighted by molar-refractivity contribution is 7.99. The van der Waals surface area contributed by atoms with Crippen molar-refractivity contribution in [2.24, 2.45) is 0 Å². The van der Waals surface area contributed by atoms with Gasteiger partial charge in [0, 0.05) is 18.5 Å². The third-order valence-corrected chi connectivity index (χ3v) is 6.83. The molecule has 0 radical (unpaired) electrons. The first kappa shape index (κ1) is 24.0. The Balaban J connectivity index is 1.68. The van der Waals surface area contributed by atoms with Gasteiger partial charge in [-0.15, -0.1) is 0 Å². The molecule has 1 atom stereocenters. The second-order valence-electron chi connectivity index (χ2n) is 6.37. The number of hydrogen-bond acceptors (Lipinski definition) is 9. The number of ketones is 2. The van der Waals surface area contributed by atoms with E-state index in [-0.39, 0.29) is 42.6 Å². The van der Waals surface area contributed by atoms with Crippen LogP contribution in [-0.4, -0.2) is 75.5 Å². The van der Waals surface area contributed by atoms with E-state index in [0.29, 0.717) is 12.3 Å². The molecule has 1 aliphatic rings. The second kappa shape index (κ2) is 11.2. The van der Waals surface area contributed by atoms with Gasteiger partial charge in [0.1, 0.15) is 6.61 Å². The molecule has 0 aromatic heterocycles. The molecule has 1 amide bonds. The highest BCUT2D eigenvalue weighted by Crippen LogP contribution is 2.32. The van der Waals surface area contributed by atoms with E-state index < -0.39 is 39.0 Å². The molecule has 0 bridgehead atoms. The Morgan fingerprint density at radius 3 is 2.53 bits per heavy atom. The van der Waals surface area contributed by atoms with Crippen molar-refractivity contribution in [3.05, 3.63) is 29.8 Å². The van der Waals surface area contributed by atoms with Gasteiger partial charge in [-0.3, -0.25) is 19.2 Å². The van der Waals surface area contributed by atoms with Gasteiger partial charge < -0.3 is 14.8 Å². The van der Waals surface area contributed by atoms with Crippen LogP contribution in [-0.2, 0) is 33.7 Å². The molecular weight excluding hydrogens is 434 g/mol. The van der Waals surface area contributed by atoms with Crippen molar-refractivity contribution in [2.45, 2.75) is 23.0 Å². The van der Waals surface area contributed by atoms with Crippen molar-refractivity contribution in [2.75, 3.05) is 38.4 Å². The zero-order valence-corrected chi connectivity index (χ0v) is 18.1. The van der Waals surface area contributed by atoms with E-state index in [9.17, 15) is 27.6 Å². The fourth-order valence-corrected chi connectivity index (χ4v) is 5.07. The van der Waals surface area contributed by atoms with Crippen LogP contribution in [0.1, 0.15) is 23.2 Å². The third-order valence-electron chi connectivity index (χ3n) is 4.21. The molecule has 11 heteroatoms. The summed E-state index contributed by atoms with van der Waals surface area (Å²) in [5.74, 6) is -2.00. The van der Waals surface area contributed by atoms with Crippen molar-refractivity contribution in [1.29, 1.82) is 0 Å². The number of carbonyl (C=O) groups excluding carboxylic acids is 4. The summed E-state index contributed by atoms with van der Waals surface area (Å²) >= 11 is 1.41. The van der Waals surface area contributed by atoms with E-state index in [1.807, 2.05) is 6.26 Å². The number of amides is 1. The molecule has 1 unspecified atom stereocenters. The first-order chi connectivity index (χ1) is 14.3. The molecule has 9 nitrogen and oxygen atoms in total. The van der Waals surface area contributed by atoms with Crippen LogP contribution in [0.15, 0.2) is 29.2 Å². The molecule has 0 fully saturated rings. The molecule has 0 saturated heterocycles. The van der Waals surface area contributed by atoms with Crippen LogP contribution >= 0.6 is 11.8 Å². The zero-order chi connectivity index (χ0) is 22.1. The Morgan fingerprint density at radius 1 is 1.10 bits per heavy atom.